The summed E-state index contributed by atoms with van der Waals surface area (Å²) in [4.78, 5) is 0. The first-order valence-corrected chi connectivity index (χ1v) is 4.31. The van der Waals surface area contributed by atoms with Gasteiger partial charge in [-0.05, 0) is 24.1 Å². The molecule has 0 aliphatic rings. The summed E-state index contributed by atoms with van der Waals surface area (Å²) < 4.78 is 37.1. The van der Waals surface area contributed by atoms with Crippen LogP contribution in [0.25, 0.3) is 0 Å². The van der Waals surface area contributed by atoms with Gasteiger partial charge in [0.2, 0.25) is 6.43 Å². The molecule has 5 heteroatoms. The van der Waals surface area contributed by atoms with Gasteiger partial charge in [0.15, 0.2) is 0 Å². The van der Waals surface area contributed by atoms with Crippen LogP contribution >= 0.6 is 12.4 Å². The average Bonchev–Trinajstić information content (AvgIpc) is 2.08. The predicted octanol–water partition coefficient (Wildman–Crippen LogP) is 3.21. The molecule has 0 saturated carbocycles. The van der Waals surface area contributed by atoms with Crippen LogP contribution in [0.1, 0.15) is 23.6 Å². The molecule has 0 spiro atoms. The molecule has 0 bridgehead atoms. The minimum absolute atomic E-state index is 0. The number of halogens is 4. The highest BCUT2D eigenvalue weighted by molar-refractivity contribution is 5.85. The molecule has 1 atom stereocenters. The predicted molar refractivity (Wildman–Crippen MR) is 55.9 cm³/mol. The maximum atomic E-state index is 13.0. The lowest BCUT2D eigenvalue weighted by atomic mass is 9.99. The van der Waals surface area contributed by atoms with E-state index < -0.39 is 24.7 Å². The van der Waals surface area contributed by atoms with Crippen LogP contribution in [0.2, 0.25) is 0 Å². The number of hydrogen-bond donors (Lipinski definition) is 1. The monoisotopic (exact) mass is 239 g/mol. The van der Waals surface area contributed by atoms with Crippen LogP contribution < -0.4 is 5.73 Å². The maximum absolute atomic E-state index is 13.0. The second kappa shape index (κ2) is 5.98. The van der Waals surface area contributed by atoms with Crippen molar-refractivity contribution < 1.29 is 13.2 Å². The minimum atomic E-state index is -2.47. The third-order valence-corrected chi connectivity index (χ3v) is 2.14. The largest absolute Gasteiger partial charge is 0.324 e. The van der Waals surface area contributed by atoms with Crippen LogP contribution in [0.3, 0.4) is 0 Å². The molecule has 0 radical (unpaired) electrons. The SMILES string of the molecule is Cc1c(F)cccc1[C@H](N)CC(F)F.Cl. The van der Waals surface area contributed by atoms with E-state index in [4.69, 9.17) is 5.73 Å². The molecule has 1 aromatic rings. The second-order valence-corrected chi connectivity index (χ2v) is 3.19. The fourth-order valence-corrected chi connectivity index (χ4v) is 1.34. The number of nitrogens with two attached hydrogens (primary N) is 1. The van der Waals surface area contributed by atoms with Crippen LogP contribution in [0.5, 0.6) is 0 Å². The van der Waals surface area contributed by atoms with Gasteiger partial charge < -0.3 is 5.73 Å². The Bertz CT molecular complexity index is 318. The van der Waals surface area contributed by atoms with Crippen LogP contribution in [-0.4, -0.2) is 6.43 Å². The van der Waals surface area contributed by atoms with Crippen molar-refractivity contribution in [3.63, 3.8) is 0 Å². The van der Waals surface area contributed by atoms with E-state index in [1.807, 2.05) is 0 Å². The fraction of sp³-hybridized carbons (Fsp3) is 0.400. The smallest absolute Gasteiger partial charge is 0.240 e. The van der Waals surface area contributed by atoms with E-state index in [1.54, 1.807) is 6.07 Å². The van der Waals surface area contributed by atoms with Crippen LogP contribution in [0.4, 0.5) is 13.2 Å². The van der Waals surface area contributed by atoms with E-state index in [-0.39, 0.29) is 12.4 Å². The standard InChI is InChI=1S/C10H12F3N.ClH/c1-6-7(3-2-4-8(6)11)9(14)5-10(12)13;/h2-4,9-10H,5,14H2,1H3;1H/t9-;/m1./s1. The minimum Gasteiger partial charge on any atom is -0.324 e. The molecular formula is C10H13ClF3N. The number of benzene rings is 1. The third-order valence-electron chi connectivity index (χ3n) is 2.14. The Labute approximate surface area is 92.9 Å². The van der Waals surface area contributed by atoms with Crippen molar-refractivity contribution in [3.05, 3.63) is 35.1 Å². The van der Waals surface area contributed by atoms with E-state index in [2.05, 4.69) is 0 Å². The summed E-state index contributed by atoms with van der Waals surface area (Å²) >= 11 is 0. The first kappa shape index (κ1) is 14.3. The molecule has 1 rings (SSSR count). The first-order valence-electron chi connectivity index (χ1n) is 4.31. The van der Waals surface area contributed by atoms with Crippen molar-refractivity contribution in [3.8, 4) is 0 Å². The van der Waals surface area contributed by atoms with Gasteiger partial charge in [-0.2, -0.15) is 0 Å². The van der Waals surface area contributed by atoms with Crippen LogP contribution in [-0.2, 0) is 0 Å². The van der Waals surface area contributed by atoms with Gasteiger partial charge in [0.25, 0.3) is 0 Å². The van der Waals surface area contributed by atoms with Crippen LogP contribution in [0.15, 0.2) is 18.2 Å². The summed E-state index contributed by atoms with van der Waals surface area (Å²) in [6, 6.07) is 3.54. The molecule has 0 aliphatic heterocycles. The molecule has 0 aromatic heterocycles. The van der Waals surface area contributed by atoms with Gasteiger partial charge in [-0.25, -0.2) is 13.2 Å². The van der Waals surface area contributed by atoms with E-state index in [0.717, 1.165) is 0 Å². The quantitative estimate of drug-likeness (QED) is 0.861. The van der Waals surface area contributed by atoms with Gasteiger partial charge in [-0.3, -0.25) is 0 Å². The van der Waals surface area contributed by atoms with Crippen molar-refractivity contribution in [1.82, 2.24) is 0 Å². The summed E-state index contributed by atoms with van der Waals surface area (Å²) in [6.07, 6.45) is -2.91. The number of rotatable bonds is 3. The lowest BCUT2D eigenvalue weighted by Gasteiger charge is -2.14. The molecule has 86 valence electrons. The fourth-order valence-electron chi connectivity index (χ4n) is 1.34. The van der Waals surface area contributed by atoms with E-state index >= 15 is 0 Å². The zero-order valence-corrected chi connectivity index (χ0v) is 9.03. The highest BCUT2D eigenvalue weighted by Gasteiger charge is 2.15. The molecule has 1 nitrogen and oxygen atoms in total. The lowest BCUT2D eigenvalue weighted by Crippen LogP contribution is -2.15. The number of alkyl halides is 2. The Kier molecular flexibility index (Phi) is 5.68. The summed E-state index contributed by atoms with van der Waals surface area (Å²) in [5.74, 6) is -0.410. The molecule has 0 unspecified atom stereocenters. The van der Waals surface area contributed by atoms with Gasteiger partial charge in [-0.15, -0.1) is 12.4 Å². The number of hydrogen-bond acceptors (Lipinski definition) is 1. The van der Waals surface area contributed by atoms with Crippen molar-refractivity contribution >= 4 is 12.4 Å². The van der Waals surface area contributed by atoms with Crippen molar-refractivity contribution in [2.24, 2.45) is 5.73 Å². The van der Waals surface area contributed by atoms with E-state index in [9.17, 15) is 13.2 Å². The Morgan fingerprint density at radius 3 is 2.47 bits per heavy atom. The Morgan fingerprint density at radius 1 is 1.33 bits per heavy atom. The van der Waals surface area contributed by atoms with Crippen molar-refractivity contribution in [2.75, 3.05) is 0 Å². The lowest BCUT2D eigenvalue weighted by molar-refractivity contribution is 0.128. The Hall–Kier alpha value is -0.740. The molecule has 0 saturated heterocycles. The summed E-state index contributed by atoms with van der Waals surface area (Å²) in [6.45, 7) is 1.54. The maximum Gasteiger partial charge on any atom is 0.240 e. The first-order chi connectivity index (χ1) is 6.52. The van der Waals surface area contributed by atoms with Crippen molar-refractivity contribution in [1.29, 1.82) is 0 Å². The van der Waals surface area contributed by atoms with Gasteiger partial charge in [0.1, 0.15) is 5.82 Å². The summed E-state index contributed by atoms with van der Waals surface area (Å²) in [5.41, 5.74) is 6.32. The highest BCUT2D eigenvalue weighted by Crippen LogP contribution is 2.22. The van der Waals surface area contributed by atoms with Gasteiger partial charge in [-0.1, -0.05) is 12.1 Å². The normalized spacial score (nSPS) is 12.4. The van der Waals surface area contributed by atoms with Crippen LogP contribution in [0, 0.1) is 12.7 Å². The van der Waals surface area contributed by atoms with Gasteiger partial charge >= 0.3 is 0 Å². The molecule has 0 heterocycles. The van der Waals surface area contributed by atoms with Crippen molar-refractivity contribution in [2.45, 2.75) is 25.8 Å². The summed E-state index contributed by atoms with van der Waals surface area (Å²) in [5, 5.41) is 0. The van der Waals surface area contributed by atoms with E-state index in [1.165, 1.54) is 19.1 Å². The molecule has 0 aliphatic carbocycles. The van der Waals surface area contributed by atoms with E-state index in [0.29, 0.717) is 11.1 Å². The molecule has 2 N–H and O–H groups in total. The van der Waals surface area contributed by atoms with Gasteiger partial charge in [0, 0.05) is 12.5 Å². The molecule has 0 amide bonds. The second-order valence-electron chi connectivity index (χ2n) is 3.19. The Balaban J connectivity index is 0.00000196. The Morgan fingerprint density at radius 2 is 1.93 bits per heavy atom. The molecule has 0 fully saturated rings. The summed E-state index contributed by atoms with van der Waals surface area (Å²) in [7, 11) is 0. The average molecular weight is 240 g/mol. The molecule has 15 heavy (non-hydrogen) atoms. The molecule has 1 aromatic carbocycles. The highest BCUT2D eigenvalue weighted by atomic mass is 35.5. The molecular weight excluding hydrogens is 227 g/mol. The zero-order chi connectivity index (χ0) is 10.7. The zero-order valence-electron chi connectivity index (χ0n) is 8.21. The topological polar surface area (TPSA) is 26.0 Å². The van der Waals surface area contributed by atoms with Gasteiger partial charge in [0.05, 0.1) is 0 Å². The third kappa shape index (κ3) is 3.72.